The molecule has 25 heavy (non-hydrogen) atoms. The highest BCUT2D eigenvalue weighted by Gasteiger charge is 2.37. The van der Waals surface area contributed by atoms with Gasteiger partial charge in [0.1, 0.15) is 5.78 Å². The van der Waals surface area contributed by atoms with Crippen molar-refractivity contribution in [2.24, 2.45) is 5.92 Å². The molecule has 2 nitrogen and oxygen atoms in total. The lowest BCUT2D eigenvalue weighted by molar-refractivity contribution is -0.121. The molecule has 1 aromatic carbocycles. The van der Waals surface area contributed by atoms with E-state index in [4.69, 9.17) is 0 Å². The molecular weight excluding hydrogens is 306 g/mol. The van der Waals surface area contributed by atoms with Gasteiger partial charge in [0.25, 0.3) is 0 Å². The minimum absolute atomic E-state index is 0.0815. The summed E-state index contributed by atoms with van der Waals surface area (Å²) in [5, 5.41) is 1.32. The number of aromatic amines is 1. The van der Waals surface area contributed by atoms with Crippen LogP contribution >= 0.6 is 0 Å². The van der Waals surface area contributed by atoms with E-state index in [1.54, 1.807) is 0 Å². The zero-order valence-electron chi connectivity index (χ0n) is 16.2. The molecule has 1 unspecified atom stereocenters. The Kier molecular flexibility index (Phi) is 4.90. The van der Waals surface area contributed by atoms with Crippen LogP contribution in [0.3, 0.4) is 0 Å². The van der Waals surface area contributed by atoms with E-state index in [0.29, 0.717) is 12.2 Å². The van der Waals surface area contributed by atoms with Gasteiger partial charge >= 0.3 is 0 Å². The summed E-state index contributed by atoms with van der Waals surface area (Å²) in [5.41, 5.74) is 6.64. The number of nitrogens with one attached hydrogen (secondary N) is 1. The number of aryl methyl sites for hydroxylation is 1. The molecule has 2 aromatic rings. The molecule has 1 atom stereocenters. The van der Waals surface area contributed by atoms with E-state index in [9.17, 15) is 4.79 Å². The monoisotopic (exact) mass is 337 g/mol. The topological polar surface area (TPSA) is 32.9 Å². The highest BCUT2D eigenvalue weighted by atomic mass is 16.1. The van der Waals surface area contributed by atoms with Crippen molar-refractivity contribution in [1.29, 1.82) is 0 Å². The van der Waals surface area contributed by atoms with Crippen LogP contribution in [-0.4, -0.2) is 10.8 Å². The van der Waals surface area contributed by atoms with E-state index >= 15 is 0 Å². The van der Waals surface area contributed by atoms with E-state index in [2.05, 4.69) is 43.6 Å². The van der Waals surface area contributed by atoms with Crippen molar-refractivity contribution in [2.75, 3.05) is 0 Å². The zero-order valence-corrected chi connectivity index (χ0v) is 16.2. The van der Waals surface area contributed by atoms with Crippen LogP contribution in [-0.2, 0) is 23.1 Å². The summed E-state index contributed by atoms with van der Waals surface area (Å²) in [4.78, 5) is 16.1. The summed E-state index contributed by atoms with van der Waals surface area (Å²) in [7, 11) is 0. The Labute approximate surface area is 151 Å². The summed E-state index contributed by atoms with van der Waals surface area (Å²) in [6, 6.07) is 6.44. The van der Waals surface area contributed by atoms with Crippen molar-refractivity contribution in [3.8, 4) is 0 Å². The zero-order chi connectivity index (χ0) is 18.2. The SMILES string of the molecule is C=C(C)CC1(CC)CCCc2c1[nH]c1c(CC(=O)C(C)C)cccc21. The minimum atomic E-state index is 0.0815. The van der Waals surface area contributed by atoms with Gasteiger partial charge in [-0.25, -0.2) is 0 Å². The number of para-hydroxylation sites is 1. The van der Waals surface area contributed by atoms with Gasteiger partial charge in [-0.2, -0.15) is 0 Å². The second-order valence-electron chi connectivity index (χ2n) is 8.24. The average Bonchev–Trinajstić information content (AvgIpc) is 2.95. The molecule has 2 heteroatoms. The Bertz CT molecular complexity index is 811. The van der Waals surface area contributed by atoms with Crippen LogP contribution < -0.4 is 0 Å². The van der Waals surface area contributed by atoms with Gasteiger partial charge in [-0.05, 0) is 50.2 Å². The first-order valence-electron chi connectivity index (χ1n) is 9.68. The first-order chi connectivity index (χ1) is 11.9. The maximum Gasteiger partial charge on any atom is 0.139 e. The number of rotatable bonds is 6. The van der Waals surface area contributed by atoms with E-state index in [0.717, 1.165) is 24.8 Å². The van der Waals surface area contributed by atoms with E-state index < -0.39 is 0 Å². The molecule has 1 aliphatic carbocycles. The highest BCUT2D eigenvalue weighted by Crippen LogP contribution is 2.46. The van der Waals surface area contributed by atoms with Crippen LogP contribution in [0.4, 0.5) is 0 Å². The Morgan fingerprint density at radius 2 is 2.12 bits per heavy atom. The molecule has 1 heterocycles. The molecule has 0 radical (unpaired) electrons. The molecule has 1 aliphatic rings. The van der Waals surface area contributed by atoms with Crippen molar-refractivity contribution in [2.45, 2.75) is 71.6 Å². The average molecular weight is 338 g/mol. The Morgan fingerprint density at radius 3 is 2.76 bits per heavy atom. The van der Waals surface area contributed by atoms with E-state index in [1.807, 2.05) is 13.8 Å². The number of carbonyl (C=O) groups excluding carboxylic acids is 1. The van der Waals surface area contributed by atoms with Gasteiger partial charge in [0, 0.05) is 34.4 Å². The van der Waals surface area contributed by atoms with Crippen LogP contribution in [0.2, 0.25) is 0 Å². The van der Waals surface area contributed by atoms with Crippen molar-refractivity contribution < 1.29 is 4.79 Å². The van der Waals surface area contributed by atoms with Gasteiger partial charge in [0.2, 0.25) is 0 Å². The molecule has 1 aromatic heterocycles. The summed E-state index contributed by atoms with van der Waals surface area (Å²) >= 11 is 0. The van der Waals surface area contributed by atoms with Crippen LogP contribution in [0.25, 0.3) is 10.9 Å². The van der Waals surface area contributed by atoms with Crippen LogP contribution in [0.5, 0.6) is 0 Å². The number of benzene rings is 1. The summed E-state index contributed by atoms with van der Waals surface area (Å²) in [6.07, 6.45) is 6.28. The van der Waals surface area contributed by atoms with Gasteiger partial charge in [-0.15, -0.1) is 6.58 Å². The first-order valence-corrected chi connectivity index (χ1v) is 9.68. The molecule has 0 amide bonds. The summed E-state index contributed by atoms with van der Waals surface area (Å²) < 4.78 is 0. The first kappa shape index (κ1) is 18.0. The fraction of sp³-hybridized carbons (Fsp3) is 0.522. The lowest BCUT2D eigenvalue weighted by Crippen LogP contribution is -2.30. The molecule has 0 aliphatic heterocycles. The van der Waals surface area contributed by atoms with Crippen molar-refractivity contribution in [1.82, 2.24) is 4.98 Å². The van der Waals surface area contributed by atoms with Crippen LogP contribution in [0, 0.1) is 5.92 Å². The molecule has 0 saturated carbocycles. The predicted molar refractivity (Wildman–Crippen MR) is 106 cm³/mol. The number of allylic oxidation sites excluding steroid dienone is 1. The molecule has 0 fully saturated rings. The van der Waals surface area contributed by atoms with Crippen LogP contribution in [0.15, 0.2) is 30.4 Å². The Balaban J connectivity index is 2.14. The number of aromatic nitrogens is 1. The fourth-order valence-electron chi connectivity index (χ4n) is 4.55. The second-order valence-corrected chi connectivity index (χ2v) is 8.24. The predicted octanol–water partition coefficient (Wildman–Crippen LogP) is 5.89. The lowest BCUT2D eigenvalue weighted by Gasteiger charge is -2.37. The third kappa shape index (κ3) is 3.19. The molecule has 3 rings (SSSR count). The van der Waals surface area contributed by atoms with Gasteiger partial charge in [-0.3, -0.25) is 4.79 Å². The second kappa shape index (κ2) is 6.82. The number of fused-ring (bicyclic) bond motifs is 3. The molecule has 0 saturated heterocycles. The van der Waals surface area contributed by atoms with Gasteiger partial charge < -0.3 is 4.98 Å². The smallest absolute Gasteiger partial charge is 0.139 e. The number of Topliss-reactive ketones (excluding diaryl/α,β-unsaturated/α-hetero) is 1. The van der Waals surface area contributed by atoms with Gasteiger partial charge in [-0.1, -0.05) is 44.5 Å². The van der Waals surface area contributed by atoms with E-state index in [-0.39, 0.29) is 11.3 Å². The fourth-order valence-corrected chi connectivity index (χ4v) is 4.55. The van der Waals surface area contributed by atoms with Crippen molar-refractivity contribution >= 4 is 16.7 Å². The maximum absolute atomic E-state index is 12.3. The third-order valence-corrected chi connectivity index (χ3v) is 5.97. The largest absolute Gasteiger partial charge is 0.357 e. The standard InChI is InChI=1S/C23H31NO/c1-6-23(14-15(2)3)12-8-11-19-18-10-7-9-17(13-20(25)16(4)5)21(18)24-22(19)23/h7,9-10,16,24H,2,6,8,11-14H2,1,3-5H3. The normalized spacial score (nSPS) is 20.0. The highest BCUT2D eigenvalue weighted by molar-refractivity contribution is 5.92. The quantitative estimate of drug-likeness (QED) is 0.655. The summed E-state index contributed by atoms with van der Waals surface area (Å²) in [5.74, 6) is 0.391. The van der Waals surface area contributed by atoms with Gasteiger partial charge in [0.05, 0.1) is 0 Å². The molecule has 0 bridgehead atoms. The number of hydrogen-bond donors (Lipinski definition) is 1. The molecule has 0 spiro atoms. The Morgan fingerprint density at radius 1 is 1.36 bits per heavy atom. The molecule has 134 valence electrons. The molecule has 1 N–H and O–H groups in total. The number of hydrogen-bond acceptors (Lipinski definition) is 1. The third-order valence-electron chi connectivity index (χ3n) is 5.97. The lowest BCUT2D eigenvalue weighted by atomic mass is 9.68. The van der Waals surface area contributed by atoms with E-state index in [1.165, 1.54) is 40.6 Å². The number of carbonyl (C=O) groups is 1. The summed E-state index contributed by atoms with van der Waals surface area (Å²) in [6.45, 7) is 12.6. The Hall–Kier alpha value is -1.83. The maximum atomic E-state index is 12.3. The van der Waals surface area contributed by atoms with Crippen molar-refractivity contribution in [3.05, 3.63) is 47.2 Å². The molecular formula is C23H31NO. The number of ketones is 1. The van der Waals surface area contributed by atoms with Crippen molar-refractivity contribution in [3.63, 3.8) is 0 Å². The minimum Gasteiger partial charge on any atom is -0.357 e. The number of H-pyrrole nitrogens is 1. The van der Waals surface area contributed by atoms with Crippen LogP contribution in [0.1, 0.15) is 70.2 Å². The van der Waals surface area contributed by atoms with Gasteiger partial charge in [0.15, 0.2) is 0 Å².